The molecule has 1 aromatic carbocycles. The molecule has 0 amide bonds. The van der Waals surface area contributed by atoms with Crippen LogP contribution in [0.15, 0.2) is 42.6 Å². The van der Waals surface area contributed by atoms with Crippen LogP contribution in [0.3, 0.4) is 0 Å². The van der Waals surface area contributed by atoms with E-state index < -0.39 is 5.97 Å². The lowest BCUT2D eigenvalue weighted by molar-refractivity contribution is -0.136. The predicted molar refractivity (Wildman–Crippen MR) is 83.7 cm³/mol. The maximum atomic E-state index is 10.8. The van der Waals surface area contributed by atoms with Gasteiger partial charge in [-0.05, 0) is 36.2 Å². The topological polar surface area (TPSA) is 53.4 Å². The van der Waals surface area contributed by atoms with Crippen LogP contribution in [0.1, 0.15) is 17.5 Å². The largest absolute Gasteiger partial charge is 0.481 e. The quantitative estimate of drug-likeness (QED) is 0.887. The molecule has 0 unspecified atom stereocenters. The Hall–Kier alpha value is -2.07. The summed E-state index contributed by atoms with van der Waals surface area (Å²) < 4.78 is 0. The lowest BCUT2D eigenvalue weighted by atomic mass is 10.2. The minimum atomic E-state index is -0.821. The molecule has 2 rings (SSSR count). The van der Waals surface area contributed by atoms with Gasteiger partial charge >= 0.3 is 5.97 Å². The normalized spacial score (nSPS) is 10.4. The first-order valence-electron chi connectivity index (χ1n) is 6.68. The summed E-state index contributed by atoms with van der Waals surface area (Å²) in [5.74, 6) is -0.0555. The number of carboxylic acids is 1. The number of pyridine rings is 1. The molecule has 1 N–H and O–H groups in total. The van der Waals surface area contributed by atoms with Gasteiger partial charge in [0.25, 0.3) is 0 Å². The fourth-order valence-corrected chi connectivity index (χ4v) is 2.22. The van der Waals surface area contributed by atoms with E-state index in [0.29, 0.717) is 18.1 Å². The van der Waals surface area contributed by atoms with Crippen LogP contribution in [0.5, 0.6) is 0 Å². The van der Waals surface area contributed by atoms with Gasteiger partial charge in [-0.2, -0.15) is 0 Å². The number of rotatable bonds is 6. The number of aliphatic carboxylic acids is 1. The Labute approximate surface area is 129 Å². The van der Waals surface area contributed by atoms with Gasteiger partial charge in [0.1, 0.15) is 5.82 Å². The number of carbonyl (C=O) groups is 1. The number of hydrogen-bond donors (Lipinski definition) is 1. The van der Waals surface area contributed by atoms with Crippen LogP contribution in [0.2, 0.25) is 5.02 Å². The molecule has 0 aliphatic heterocycles. The van der Waals surface area contributed by atoms with Crippen molar-refractivity contribution in [3.63, 3.8) is 0 Å². The minimum absolute atomic E-state index is 0.0656. The predicted octanol–water partition coefficient (Wildman–Crippen LogP) is 3.52. The summed E-state index contributed by atoms with van der Waals surface area (Å²) in [7, 11) is 0. The van der Waals surface area contributed by atoms with E-state index in [1.54, 1.807) is 6.20 Å². The fraction of sp³-hybridized carbons (Fsp3) is 0.250. The summed E-state index contributed by atoms with van der Waals surface area (Å²) in [6, 6.07) is 11.4. The van der Waals surface area contributed by atoms with Gasteiger partial charge in [0.2, 0.25) is 0 Å². The van der Waals surface area contributed by atoms with Gasteiger partial charge in [-0.25, -0.2) is 4.98 Å². The Bertz CT molecular complexity index is 614. The highest BCUT2D eigenvalue weighted by atomic mass is 35.5. The van der Waals surface area contributed by atoms with Crippen LogP contribution >= 0.6 is 11.6 Å². The number of hydrogen-bond acceptors (Lipinski definition) is 3. The Balaban J connectivity index is 2.19. The highest BCUT2D eigenvalue weighted by Gasteiger charge is 2.11. The van der Waals surface area contributed by atoms with E-state index in [9.17, 15) is 4.79 Å². The van der Waals surface area contributed by atoms with Gasteiger partial charge in [-0.15, -0.1) is 0 Å². The van der Waals surface area contributed by atoms with Crippen molar-refractivity contribution in [3.05, 3.63) is 58.7 Å². The van der Waals surface area contributed by atoms with E-state index in [1.807, 2.05) is 48.2 Å². The van der Waals surface area contributed by atoms with E-state index in [4.69, 9.17) is 16.7 Å². The molecule has 0 bridgehead atoms. The Morgan fingerprint density at radius 3 is 2.76 bits per heavy atom. The third-order valence-electron chi connectivity index (χ3n) is 3.08. The van der Waals surface area contributed by atoms with Gasteiger partial charge in [0.15, 0.2) is 0 Å². The summed E-state index contributed by atoms with van der Waals surface area (Å²) in [6.07, 6.45) is 1.84. The number of aryl methyl sites for hydroxylation is 1. The van der Waals surface area contributed by atoms with Gasteiger partial charge < -0.3 is 10.0 Å². The number of aromatic nitrogens is 1. The average molecular weight is 305 g/mol. The van der Waals surface area contributed by atoms with Gasteiger partial charge in [-0.1, -0.05) is 29.8 Å². The number of carboxylic acid groups (broad SMARTS) is 1. The summed E-state index contributed by atoms with van der Waals surface area (Å²) in [6.45, 7) is 2.94. The zero-order valence-electron chi connectivity index (χ0n) is 11.8. The van der Waals surface area contributed by atoms with Crippen molar-refractivity contribution >= 4 is 23.4 Å². The van der Waals surface area contributed by atoms with Crippen LogP contribution in [-0.4, -0.2) is 22.6 Å². The second-order valence-electron chi connectivity index (χ2n) is 4.89. The van der Waals surface area contributed by atoms with E-state index in [0.717, 1.165) is 16.9 Å². The minimum Gasteiger partial charge on any atom is -0.481 e. The van der Waals surface area contributed by atoms with Crippen LogP contribution in [0.25, 0.3) is 0 Å². The van der Waals surface area contributed by atoms with Crippen molar-refractivity contribution < 1.29 is 9.90 Å². The van der Waals surface area contributed by atoms with Crippen molar-refractivity contribution in [2.45, 2.75) is 19.9 Å². The molecule has 0 spiro atoms. The molecule has 0 atom stereocenters. The summed E-state index contributed by atoms with van der Waals surface area (Å²) >= 11 is 5.99. The fourth-order valence-electron chi connectivity index (χ4n) is 2.01. The SMILES string of the molecule is Cc1ccc(N(CCC(=O)O)Cc2cccc(Cl)c2)nc1. The molecule has 21 heavy (non-hydrogen) atoms. The first kappa shape index (κ1) is 15.3. The molecule has 0 saturated carbocycles. The van der Waals surface area contributed by atoms with E-state index >= 15 is 0 Å². The maximum Gasteiger partial charge on any atom is 0.305 e. The molecular weight excluding hydrogens is 288 g/mol. The molecule has 1 aromatic heterocycles. The maximum absolute atomic E-state index is 10.8. The molecular formula is C16H17ClN2O2. The molecule has 0 saturated heterocycles. The second kappa shape index (κ2) is 7.09. The average Bonchev–Trinajstić information content (AvgIpc) is 2.44. The second-order valence-corrected chi connectivity index (χ2v) is 5.33. The molecule has 4 nitrogen and oxygen atoms in total. The number of nitrogens with zero attached hydrogens (tertiary/aromatic N) is 2. The number of halogens is 1. The standard InChI is InChI=1S/C16H17ClN2O2/c1-12-5-6-15(18-10-12)19(8-7-16(20)21)11-13-3-2-4-14(17)9-13/h2-6,9-10H,7-8,11H2,1H3,(H,20,21). The third kappa shape index (κ3) is 4.76. The van der Waals surface area contributed by atoms with E-state index in [-0.39, 0.29) is 6.42 Å². The zero-order valence-corrected chi connectivity index (χ0v) is 12.5. The van der Waals surface area contributed by atoms with Gasteiger partial charge in [-0.3, -0.25) is 4.79 Å². The van der Waals surface area contributed by atoms with Crippen LogP contribution < -0.4 is 4.90 Å². The Morgan fingerprint density at radius 1 is 1.33 bits per heavy atom. The van der Waals surface area contributed by atoms with Crippen molar-refractivity contribution in [1.29, 1.82) is 0 Å². The monoisotopic (exact) mass is 304 g/mol. The number of benzene rings is 1. The van der Waals surface area contributed by atoms with Crippen molar-refractivity contribution in [3.8, 4) is 0 Å². The van der Waals surface area contributed by atoms with Crippen molar-refractivity contribution in [1.82, 2.24) is 4.98 Å². The molecule has 0 fully saturated rings. The summed E-state index contributed by atoms with van der Waals surface area (Å²) in [5, 5.41) is 9.56. The first-order chi connectivity index (χ1) is 10.0. The van der Waals surface area contributed by atoms with Crippen LogP contribution in [0.4, 0.5) is 5.82 Å². The molecule has 0 aliphatic carbocycles. The highest BCUT2D eigenvalue weighted by Crippen LogP contribution is 2.18. The lowest BCUT2D eigenvalue weighted by Crippen LogP contribution is -2.26. The Kier molecular flexibility index (Phi) is 5.17. The summed E-state index contributed by atoms with van der Waals surface area (Å²) in [4.78, 5) is 17.1. The Morgan fingerprint density at radius 2 is 2.14 bits per heavy atom. The van der Waals surface area contributed by atoms with Gasteiger partial charge in [0, 0.05) is 24.3 Å². The van der Waals surface area contributed by atoms with E-state index in [1.165, 1.54) is 0 Å². The van der Waals surface area contributed by atoms with Crippen LogP contribution in [0, 0.1) is 6.92 Å². The molecule has 1 heterocycles. The van der Waals surface area contributed by atoms with Gasteiger partial charge in [0.05, 0.1) is 6.42 Å². The smallest absolute Gasteiger partial charge is 0.305 e. The molecule has 5 heteroatoms. The highest BCUT2D eigenvalue weighted by molar-refractivity contribution is 6.30. The molecule has 110 valence electrons. The van der Waals surface area contributed by atoms with Crippen molar-refractivity contribution in [2.75, 3.05) is 11.4 Å². The third-order valence-corrected chi connectivity index (χ3v) is 3.31. The van der Waals surface area contributed by atoms with Crippen LogP contribution in [-0.2, 0) is 11.3 Å². The van der Waals surface area contributed by atoms with E-state index in [2.05, 4.69) is 4.98 Å². The molecule has 0 aliphatic rings. The lowest BCUT2D eigenvalue weighted by Gasteiger charge is -2.23. The molecule has 2 aromatic rings. The first-order valence-corrected chi connectivity index (χ1v) is 7.06. The molecule has 0 radical (unpaired) electrons. The zero-order chi connectivity index (χ0) is 15.2. The number of anilines is 1. The summed E-state index contributed by atoms with van der Waals surface area (Å²) in [5.41, 5.74) is 2.09. The van der Waals surface area contributed by atoms with Crippen molar-refractivity contribution in [2.24, 2.45) is 0 Å².